The fourth-order valence-corrected chi connectivity index (χ4v) is 2.96. The Bertz CT molecular complexity index is 517. The second-order valence-electron chi connectivity index (χ2n) is 6.07. The number of nitrogens with zero attached hydrogens (tertiary/aromatic N) is 1. The maximum atomic E-state index is 11.4. The molecule has 5 nitrogen and oxygen atoms in total. The summed E-state index contributed by atoms with van der Waals surface area (Å²) in [7, 11) is 0. The van der Waals surface area contributed by atoms with E-state index in [4.69, 9.17) is 4.74 Å². The molecule has 1 saturated heterocycles. The number of hydrogen-bond acceptors (Lipinski definition) is 3. The van der Waals surface area contributed by atoms with Crippen LogP contribution in [0.4, 0.5) is 4.79 Å². The Labute approximate surface area is 137 Å². The Balaban J connectivity index is 1.58. The van der Waals surface area contributed by atoms with Gasteiger partial charge in [-0.15, -0.1) is 0 Å². The molecule has 1 fully saturated rings. The Kier molecular flexibility index (Phi) is 6.44. The molecule has 0 aromatic heterocycles. The van der Waals surface area contributed by atoms with Gasteiger partial charge in [0.05, 0.1) is 0 Å². The maximum Gasteiger partial charge on any atom is 0.408 e. The molecule has 2 atom stereocenters. The van der Waals surface area contributed by atoms with Crippen LogP contribution in [0.15, 0.2) is 30.3 Å². The van der Waals surface area contributed by atoms with E-state index in [1.54, 1.807) is 6.92 Å². The molecule has 1 amide bonds. The molecule has 5 heteroatoms. The number of aryl methyl sites for hydroxylation is 1. The second-order valence-corrected chi connectivity index (χ2v) is 6.07. The SMILES string of the molecule is C[C@@H]1OC(=O)[C@@H]1N(CCCCCCCc1ccccc1)C(=O)O. The first-order chi connectivity index (χ1) is 11.1. The molecule has 0 unspecified atom stereocenters. The molecule has 1 aliphatic heterocycles. The van der Waals surface area contributed by atoms with Gasteiger partial charge in [0.25, 0.3) is 0 Å². The first-order valence-corrected chi connectivity index (χ1v) is 8.33. The quantitative estimate of drug-likeness (QED) is 0.559. The number of carboxylic acid groups (broad SMARTS) is 1. The van der Waals surface area contributed by atoms with E-state index in [9.17, 15) is 14.7 Å². The van der Waals surface area contributed by atoms with Crippen LogP contribution in [-0.4, -0.2) is 40.8 Å². The van der Waals surface area contributed by atoms with Crippen molar-refractivity contribution in [2.45, 2.75) is 57.6 Å². The van der Waals surface area contributed by atoms with E-state index in [0.717, 1.165) is 38.5 Å². The van der Waals surface area contributed by atoms with E-state index in [0.29, 0.717) is 6.54 Å². The lowest BCUT2D eigenvalue weighted by Gasteiger charge is -2.39. The van der Waals surface area contributed by atoms with E-state index in [-0.39, 0.29) is 6.10 Å². The molecule has 126 valence electrons. The fraction of sp³-hybridized carbons (Fsp3) is 0.556. The van der Waals surface area contributed by atoms with Gasteiger partial charge in [-0.2, -0.15) is 0 Å². The number of cyclic esters (lactones) is 1. The summed E-state index contributed by atoms with van der Waals surface area (Å²) >= 11 is 0. The summed E-state index contributed by atoms with van der Waals surface area (Å²) < 4.78 is 4.84. The highest BCUT2D eigenvalue weighted by molar-refractivity contribution is 5.85. The molecule has 1 heterocycles. The number of carbonyl (C=O) groups is 2. The van der Waals surface area contributed by atoms with Crippen molar-refractivity contribution >= 4 is 12.1 Å². The Morgan fingerprint density at radius 2 is 1.78 bits per heavy atom. The zero-order valence-electron chi connectivity index (χ0n) is 13.6. The minimum Gasteiger partial charge on any atom is -0.465 e. The number of esters is 1. The molecule has 1 aliphatic rings. The average molecular weight is 319 g/mol. The van der Waals surface area contributed by atoms with Gasteiger partial charge in [-0.25, -0.2) is 9.59 Å². The predicted molar refractivity (Wildman–Crippen MR) is 87.3 cm³/mol. The highest BCUT2D eigenvalue weighted by atomic mass is 16.6. The summed E-state index contributed by atoms with van der Waals surface area (Å²) in [6, 6.07) is 9.80. The normalized spacial score (nSPS) is 19.8. The number of rotatable bonds is 9. The standard InChI is InChI=1S/C18H25NO4/c1-14-16(17(20)23-14)19(18(21)22)13-9-4-2-3-6-10-15-11-7-5-8-12-15/h5,7-8,11-12,14,16H,2-4,6,9-10,13H2,1H3,(H,21,22)/t14-,16+/m0/s1. The van der Waals surface area contributed by atoms with Crippen molar-refractivity contribution in [2.24, 2.45) is 0 Å². The largest absolute Gasteiger partial charge is 0.465 e. The number of amides is 1. The van der Waals surface area contributed by atoms with Crippen molar-refractivity contribution < 1.29 is 19.4 Å². The van der Waals surface area contributed by atoms with E-state index >= 15 is 0 Å². The van der Waals surface area contributed by atoms with Gasteiger partial charge in [-0.05, 0) is 31.7 Å². The number of unbranched alkanes of at least 4 members (excludes halogenated alkanes) is 4. The minimum atomic E-state index is -1.04. The highest BCUT2D eigenvalue weighted by Crippen LogP contribution is 2.21. The van der Waals surface area contributed by atoms with Gasteiger partial charge in [-0.1, -0.05) is 49.6 Å². The van der Waals surface area contributed by atoms with Crippen molar-refractivity contribution in [2.75, 3.05) is 6.54 Å². The van der Waals surface area contributed by atoms with Gasteiger partial charge >= 0.3 is 12.1 Å². The maximum absolute atomic E-state index is 11.4. The molecule has 23 heavy (non-hydrogen) atoms. The van der Waals surface area contributed by atoms with Crippen LogP contribution in [0.5, 0.6) is 0 Å². The van der Waals surface area contributed by atoms with Gasteiger partial charge in [-0.3, -0.25) is 4.90 Å². The smallest absolute Gasteiger partial charge is 0.408 e. The van der Waals surface area contributed by atoms with Crippen molar-refractivity contribution in [1.29, 1.82) is 0 Å². The van der Waals surface area contributed by atoms with Crippen molar-refractivity contribution in [1.82, 2.24) is 4.90 Å². The van der Waals surface area contributed by atoms with Crippen LogP contribution < -0.4 is 0 Å². The predicted octanol–water partition coefficient (Wildman–Crippen LogP) is 3.47. The Morgan fingerprint density at radius 3 is 2.39 bits per heavy atom. The zero-order valence-corrected chi connectivity index (χ0v) is 13.6. The molecule has 0 spiro atoms. The van der Waals surface area contributed by atoms with E-state index in [1.807, 2.05) is 6.07 Å². The van der Waals surface area contributed by atoms with Crippen LogP contribution in [0.3, 0.4) is 0 Å². The minimum absolute atomic E-state index is 0.329. The zero-order chi connectivity index (χ0) is 16.7. The van der Waals surface area contributed by atoms with E-state index in [1.165, 1.54) is 10.5 Å². The first kappa shape index (κ1) is 17.3. The third-order valence-corrected chi connectivity index (χ3v) is 4.28. The molecule has 0 saturated carbocycles. The molecule has 0 bridgehead atoms. The van der Waals surface area contributed by atoms with E-state index in [2.05, 4.69) is 24.3 Å². The molecule has 0 radical (unpaired) electrons. The lowest BCUT2D eigenvalue weighted by molar-refractivity contribution is -0.183. The molecule has 2 rings (SSSR count). The van der Waals surface area contributed by atoms with Crippen LogP contribution in [-0.2, 0) is 16.0 Å². The number of hydrogen-bond donors (Lipinski definition) is 1. The summed E-state index contributed by atoms with van der Waals surface area (Å²) in [6.07, 6.45) is 4.87. The lowest BCUT2D eigenvalue weighted by atomic mass is 10.0. The van der Waals surface area contributed by atoms with Gasteiger partial charge in [0.15, 0.2) is 6.04 Å². The third-order valence-electron chi connectivity index (χ3n) is 4.28. The molecular formula is C18H25NO4. The fourth-order valence-electron chi connectivity index (χ4n) is 2.96. The topological polar surface area (TPSA) is 66.8 Å². The molecule has 1 aromatic carbocycles. The second kappa shape index (κ2) is 8.56. The highest BCUT2D eigenvalue weighted by Gasteiger charge is 2.45. The Morgan fingerprint density at radius 1 is 1.13 bits per heavy atom. The van der Waals surface area contributed by atoms with Crippen LogP contribution in [0.2, 0.25) is 0 Å². The molecule has 0 aliphatic carbocycles. The average Bonchev–Trinajstić information content (AvgIpc) is 2.53. The monoisotopic (exact) mass is 319 g/mol. The van der Waals surface area contributed by atoms with Crippen molar-refractivity contribution in [3.05, 3.63) is 35.9 Å². The molecular weight excluding hydrogens is 294 g/mol. The summed E-state index contributed by atoms with van der Waals surface area (Å²) in [6.45, 7) is 2.13. The summed E-state index contributed by atoms with van der Waals surface area (Å²) in [5, 5.41) is 9.23. The van der Waals surface area contributed by atoms with E-state index < -0.39 is 18.1 Å². The van der Waals surface area contributed by atoms with Crippen molar-refractivity contribution in [3.8, 4) is 0 Å². The third kappa shape index (κ3) is 4.98. The lowest BCUT2D eigenvalue weighted by Crippen LogP contribution is -2.60. The summed E-state index contributed by atoms with van der Waals surface area (Å²) in [5.41, 5.74) is 1.36. The van der Waals surface area contributed by atoms with Crippen LogP contribution in [0.1, 0.15) is 44.6 Å². The molecule has 1 aromatic rings. The van der Waals surface area contributed by atoms with Crippen LogP contribution in [0.25, 0.3) is 0 Å². The summed E-state index contributed by atoms with van der Waals surface area (Å²) in [4.78, 5) is 23.9. The van der Waals surface area contributed by atoms with Gasteiger partial charge in [0.2, 0.25) is 0 Å². The number of carbonyl (C=O) groups excluding carboxylic acids is 1. The Hall–Kier alpha value is -2.04. The first-order valence-electron chi connectivity index (χ1n) is 8.33. The van der Waals surface area contributed by atoms with Gasteiger partial charge in [0.1, 0.15) is 6.10 Å². The molecule has 1 N–H and O–H groups in total. The van der Waals surface area contributed by atoms with Gasteiger partial charge in [0, 0.05) is 6.54 Å². The van der Waals surface area contributed by atoms with Gasteiger partial charge < -0.3 is 9.84 Å². The number of ether oxygens (including phenoxy) is 1. The van der Waals surface area contributed by atoms with Crippen molar-refractivity contribution in [3.63, 3.8) is 0 Å². The van der Waals surface area contributed by atoms with Crippen LogP contribution in [0, 0.1) is 0 Å². The number of benzene rings is 1. The summed E-state index contributed by atoms with van der Waals surface area (Å²) in [5.74, 6) is -0.428. The van der Waals surface area contributed by atoms with Crippen LogP contribution >= 0.6 is 0 Å².